The maximum absolute atomic E-state index is 13.5. The van der Waals surface area contributed by atoms with Crippen LogP contribution in [0.4, 0.5) is 4.39 Å². The topological polar surface area (TPSA) is 26.0 Å². The van der Waals surface area contributed by atoms with Gasteiger partial charge in [0, 0.05) is 16.2 Å². The highest BCUT2D eigenvalue weighted by Crippen LogP contribution is 2.23. The van der Waals surface area contributed by atoms with E-state index in [0.29, 0.717) is 5.56 Å². The molecule has 0 amide bonds. The van der Waals surface area contributed by atoms with E-state index in [0.717, 1.165) is 11.3 Å². The molecule has 0 aliphatic heterocycles. The van der Waals surface area contributed by atoms with Gasteiger partial charge in [-0.25, -0.2) is 4.39 Å². The van der Waals surface area contributed by atoms with Gasteiger partial charge in [0.15, 0.2) is 0 Å². The Morgan fingerprint density at radius 3 is 2.63 bits per heavy atom. The molecule has 96 valence electrons. The maximum atomic E-state index is 13.5. The molecule has 19 heavy (non-hydrogen) atoms. The molecule has 0 unspecified atom stereocenters. The van der Waals surface area contributed by atoms with Gasteiger partial charge < -0.3 is 5.73 Å². The van der Waals surface area contributed by atoms with Crippen LogP contribution in [0.2, 0.25) is 0 Å². The molecule has 0 saturated carbocycles. The summed E-state index contributed by atoms with van der Waals surface area (Å²) in [6, 6.07) is 14.9. The first-order valence-electron chi connectivity index (χ1n) is 5.94. The zero-order valence-electron chi connectivity index (χ0n) is 10.4. The zero-order valence-corrected chi connectivity index (χ0v) is 11.2. The first-order valence-corrected chi connectivity index (χ1v) is 6.93. The molecule has 2 aromatic carbocycles. The first-order chi connectivity index (χ1) is 9.28. The SMILES string of the molecule is NCC#Cc1cc(F)cc(CSc2ccccc2)c1. The number of benzene rings is 2. The van der Waals surface area contributed by atoms with Gasteiger partial charge in [0.2, 0.25) is 0 Å². The molecule has 0 heterocycles. The van der Waals surface area contributed by atoms with E-state index in [4.69, 9.17) is 5.73 Å². The molecule has 0 spiro atoms. The van der Waals surface area contributed by atoms with Crippen molar-refractivity contribution in [3.8, 4) is 11.8 Å². The monoisotopic (exact) mass is 271 g/mol. The van der Waals surface area contributed by atoms with Crippen LogP contribution in [-0.4, -0.2) is 6.54 Å². The summed E-state index contributed by atoms with van der Waals surface area (Å²) < 4.78 is 13.5. The summed E-state index contributed by atoms with van der Waals surface area (Å²) in [4.78, 5) is 1.17. The molecular weight excluding hydrogens is 257 g/mol. The molecule has 0 aliphatic carbocycles. The lowest BCUT2D eigenvalue weighted by atomic mass is 10.1. The number of thioether (sulfide) groups is 1. The van der Waals surface area contributed by atoms with Crippen molar-refractivity contribution in [1.82, 2.24) is 0 Å². The van der Waals surface area contributed by atoms with Gasteiger partial charge in [-0.1, -0.05) is 30.0 Å². The van der Waals surface area contributed by atoms with Crippen molar-refractivity contribution in [3.63, 3.8) is 0 Å². The van der Waals surface area contributed by atoms with E-state index < -0.39 is 0 Å². The van der Waals surface area contributed by atoms with E-state index in [1.165, 1.54) is 11.0 Å². The predicted octanol–water partition coefficient (Wildman–Crippen LogP) is 3.43. The molecule has 2 aromatic rings. The third kappa shape index (κ3) is 4.44. The van der Waals surface area contributed by atoms with Gasteiger partial charge in [-0.15, -0.1) is 11.8 Å². The highest BCUT2D eigenvalue weighted by Gasteiger charge is 2.01. The quantitative estimate of drug-likeness (QED) is 0.683. The van der Waals surface area contributed by atoms with Crippen molar-refractivity contribution in [2.24, 2.45) is 5.73 Å². The molecular formula is C16H14FNS. The number of halogens is 1. The Bertz CT molecular complexity index is 599. The summed E-state index contributed by atoms with van der Waals surface area (Å²) in [6.07, 6.45) is 0. The average molecular weight is 271 g/mol. The summed E-state index contributed by atoms with van der Waals surface area (Å²) in [5.41, 5.74) is 6.92. The smallest absolute Gasteiger partial charge is 0.124 e. The second-order valence-electron chi connectivity index (χ2n) is 3.96. The molecule has 0 aliphatic rings. The fourth-order valence-corrected chi connectivity index (χ4v) is 2.49. The molecule has 0 radical (unpaired) electrons. The molecule has 0 aromatic heterocycles. The zero-order chi connectivity index (χ0) is 13.5. The predicted molar refractivity (Wildman–Crippen MR) is 78.3 cm³/mol. The van der Waals surface area contributed by atoms with Crippen LogP contribution in [-0.2, 0) is 5.75 Å². The molecule has 2 N–H and O–H groups in total. The van der Waals surface area contributed by atoms with Crippen LogP contribution >= 0.6 is 11.8 Å². The minimum absolute atomic E-state index is 0.257. The number of hydrogen-bond acceptors (Lipinski definition) is 2. The summed E-state index contributed by atoms with van der Waals surface area (Å²) >= 11 is 1.68. The van der Waals surface area contributed by atoms with Crippen molar-refractivity contribution in [2.45, 2.75) is 10.6 Å². The standard InChI is InChI=1S/C16H14FNS/c17-15-10-13(5-4-8-18)9-14(11-15)12-19-16-6-2-1-3-7-16/h1-3,6-7,9-11H,8,12,18H2. The molecule has 0 fully saturated rings. The van der Waals surface area contributed by atoms with Gasteiger partial charge >= 0.3 is 0 Å². The van der Waals surface area contributed by atoms with Gasteiger partial charge in [-0.3, -0.25) is 0 Å². The fourth-order valence-electron chi connectivity index (χ4n) is 1.64. The van der Waals surface area contributed by atoms with Crippen LogP contribution in [0.15, 0.2) is 53.4 Å². The lowest BCUT2D eigenvalue weighted by Crippen LogP contribution is -1.93. The Kier molecular flexibility index (Phi) is 5.02. The van der Waals surface area contributed by atoms with Gasteiger partial charge in [0.1, 0.15) is 5.82 Å². The second kappa shape index (κ2) is 6.98. The highest BCUT2D eigenvalue weighted by atomic mass is 32.2. The van der Waals surface area contributed by atoms with E-state index >= 15 is 0 Å². The third-order valence-electron chi connectivity index (χ3n) is 2.44. The Balaban J connectivity index is 2.10. The Labute approximate surface area is 117 Å². The van der Waals surface area contributed by atoms with Crippen LogP contribution in [0.1, 0.15) is 11.1 Å². The second-order valence-corrected chi connectivity index (χ2v) is 5.00. The number of hydrogen-bond donors (Lipinski definition) is 1. The lowest BCUT2D eigenvalue weighted by Gasteiger charge is -2.03. The van der Waals surface area contributed by atoms with Crippen LogP contribution in [0.5, 0.6) is 0 Å². The molecule has 3 heteroatoms. The van der Waals surface area contributed by atoms with Crippen molar-refractivity contribution in [1.29, 1.82) is 0 Å². The van der Waals surface area contributed by atoms with Crippen molar-refractivity contribution in [3.05, 3.63) is 65.5 Å². The summed E-state index contributed by atoms with van der Waals surface area (Å²) in [5, 5.41) is 0. The average Bonchev–Trinajstić information content (AvgIpc) is 2.43. The summed E-state index contributed by atoms with van der Waals surface area (Å²) in [6.45, 7) is 0.282. The van der Waals surface area contributed by atoms with Gasteiger partial charge in [-0.2, -0.15) is 0 Å². The molecule has 0 bridgehead atoms. The van der Waals surface area contributed by atoms with Crippen molar-refractivity contribution >= 4 is 11.8 Å². The number of nitrogens with two attached hydrogens (primary N) is 1. The largest absolute Gasteiger partial charge is 0.320 e. The third-order valence-corrected chi connectivity index (χ3v) is 3.52. The van der Waals surface area contributed by atoms with E-state index in [-0.39, 0.29) is 12.4 Å². The molecule has 0 saturated heterocycles. The normalized spacial score (nSPS) is 9.79. The van der Waals surface area contributed by atoms with Crippen LogP contribution < -0.4 is 5.73 Å². The first kappa shape index (κ1) is 13.7. The Hall–Kier alpha value is -1.76. The lowest BCUT2D eigenvalue weighted by molar-refractivity contribution is 0.626. The summed E-state index contributed by atoms with van der Waals surface area (Å²) in [7, 11) is 0. The van der Waals surface area contributed by atoms with Crippen molar-refractivity contribution in [2.75, 3.05) is 6.54 Å². The molecule has 0 atom stereocenters. The minimum atomic E-state index is -0.257. The minimum Gasteiger partial charge on any atom is -0.320 e. The highest BCUT2D eigenvalue weighted by molar-refractivity contribution is 7.98. The molecule has 2 rings (SSSR count). The van der Waals surface area contributed by atoms with Crippen molar-refractivity contribution < 1.29 is 4.39 Å². The van der Waals surface area contributed by atoms with E-state index in [2.05, 4.69) is 11.8 Å². The Morgan fingerprint density at radius 1 is 1.11 bits per heavy atom. The van der Waals surface area contributed by atoms with E-state index in [1.807, 2.05) is 36.4 Å². The van der Waals surface area contributed by atoms with Gasteiger partial charge in [0.05, 0.1) is 6.54 Å². The number of rotatable bonds is 3. The molecule has 1 nitrogen and oxygen atoms in total. The van der Waals surface area contributed by atoms with Crippen LogP contribution in [0, 0.1) is 17.7 Å². The van der Waals surface area contributed by atoms with Gasteiger partial charge in [0.25, 0.3) is 0 Å². The van der Waals surface area contributed by atoms with E-state index in [1.54, 1.807) is 17.8 Å². The Morgan fingerprint density at radius 2 is 1.89 bits per heavy atom. The van der Waals surface area contributed by atoms with Crippen LogP contribution in [0.3, 0.4) is 0 Å². The fraction of sp³-hybridized carbons (Fsp3) is 0.125. The van der Waals surface area contributed by atoms with Gasteiger partial charge in [-0.05, 0) is 35.9 Å². The van der Waals surface area contributed by atoms with Crippen LogP contribution in [0.25, 0.3) is 0 Å². The summed E-state index contributed by atoms with van der Waals surface area (Å²) in [5.74, 6) is 6.06. The van der Waals surface area contributed by atoms with E-state index in [9.17, 15) is 4.39 Å². The maximum Gasteiger partial charge on any atom is 0.124 e.